The molecule has 0 aliphatic rings. The van der Waals surface area contributed by atoms with Gasteiger partial charge in [0.2, 0.25) is 5.88 Å². The molecule has 0 bridgehead atoms. The minimum absolute atomic E-state index is 0.00259. The van der Waals surface area contributed by atoms with Crippen LogP contribution in [0.4, 0.5) is 14.9 Å². The number of aromatic nitrogens is 5. The highest BCUT2D eigenvalue weighted by atomic mass is 32.1. The van der Waals surface area contributed by atoms with Crippen LogP contribution in [-0.2, 0) is 0 Å². The summed E-state index contributed by atoms with van der Waals surface area (Å²) in [7, 11) is 0. The number of thiazole rings is 1. The fourth-order valence-corrected chi connectivity index (χ4v) is 5.30. The summed E-state index contributed by atoms with van der Waals surface area (Å²) in [6.07, 6.45) is 2.55. The number of amides is 1. The predicted molar refractivity (Wildman–Crippen MR) is 151 cm³/mol. The molecule has 5 rings (SSSR count). The van der Waals surface area contributed by atoms with Gasteiger partial charge >= 0.3 is 6.09 Å². The van der Waals surface area contributed by atoms with Gasteiger partial charge in [-0.2, -0.15) is 0 Å². The van der Waals surface area contributed by atoms with E-state index in [1.165, 1.54) is 29.8 Å². The maximum Gasteiger partial charge on any atom is 0.412 e. The van der Waals surface area contributed by atoms with E-state index in [-0.39, 0.29) is 5.75 Å². The molecule has 3 heterocycles. The second kappa shape index (κ2) is 11.0. The quantitative estimate of drug-likeness (QED) is 0.236. The number of carboxylic acid groups (broad SMARTS) is 1. The van der Waals surface area contributed by atoms with E-state index in [0.29, 0.717) is 50.3 Å². The van der Waals surface area contributed by atoms with Crippen molar-refractivity contribution < 1.29 is 23.8 Å². The lowest BCUT2D eigenvalue weighted by Gasteiger charge is -2.30. The molecule has 3 aromatic heterocycles. The van der Waals surface area contributed by atoms with E-state index in [1.807, 2.05) is 26.0 Å². The van der Waals surface area contributed by atoms with E-state index < -0.39 is 24.1 Å². The summed E-state index contributed by atoms with van der Waals surface area (Å²) in [4.78, 5) is 35.1. The number of anilines is 1. The van der Waals surface area contributed by atoms with Crippen molar-refractivity contribution in [3.63, 3.8) is 0 Å². The van der Waals surface area contributed by atoms with E-state index in [1.54, 1.807) is 33.0 Å². The fourth-order valence-electron chi connectivity index (χ4n) is 4.30. The van der Waals surface area contributed by atoms with Gasteiger partial charge in [0.25, 0.3) is 0 Å². The first-order chi connectivity index (χ1) is 19.1. The van der Waals surface area contributed by atoms with Gasteiger partial charge in [0.1, 0.15) is 16.9 Å². The lowest BCUT2D eigenvalue weighted by atomic mass is 10.1. The van der Waals surface area contributed by atoms with Gasteiger partial charge in [-0.05, 0) is 52.3 Å². The van der Waals surface area contributed by atoms with Crippen LogP contribution in [0, 0.1) is 19.7 Å². The van der Waals surface area contributed by atoms with Crippen molar-refractivity contribution in [1.29, 1.82) is 0 Å². The summed E-state index contributed by atoms with van der Waals surface area (Å²) in [6, 6.07) is 6.14. The largest absolute Gasteiger partial charge is 0.485 e. The molecule has 0 aliphatic heterocycles. The van der Waals surface area contributed by atoms with Crippen LogP contribution < -0.4 is 14.4 Å². The molecule has 206 valence electrons. The Kier molecular flexibility index (Phi) is 7.44. The summed E-state index contributed by atoms with van der Waals surface area (Å²) in [5, 5.41) is 10.5. The molecule has 0 saturated carbocycles. The van der Waals surface area contributed by atoms with Crippen LogP contribution in [0.15, 0.2) is 42.9 Å². The number of nitrogens with zero attached hydrogens (tertiary/aromatic N) is 6. The van der Waals surface area contributed by atoms with Gasteiger partial charge in [-0.3, -0.25) is 4.90 Å². The van der Waals surface area contributed by atoms with Crippen molar-refractivity contribution in [3.8, 4) is 22.2 Å². The van der Waals surface area contributed by atoms with E-state index in [0.717, 1.165) is 16.0 Å². The number of fused-ring (bicyclic) bond motifs is 2. The van der Waals surface area contributed by atoms with Gasteiger partial charge in [0.05, 0.1) is 58.2 Å². The highest BCUT2D eigenvalue weighted by Gasteiger charge is 2.29. The molecule has 1 N–H and O–H groups in total. The Morgan fingerprint density at radius 2 is 1.80 bits per heavy atom. The molecule has 0 fully saturated rings. The lowest BCUT2D eigenvalue weighted by Crippen LogP contribution is -2.46. The molecule has 0 aliphatic carbocycles. The van der Waals surface area contributed by atoms with Crippen LogP contribution in [0.1, 0.15) is 32.2 Å². The monoisotopic (exact) mass is 562 g/mol. The zero-order valence-electron chi connectivity index (χ0n) is 22.5. The van der Waals surface area contributed by atoms with E-state index in [4.69, 9.17) is 9.47 Å². The number of benzene rings is 2. The average Bonchev–Trinajstić information content (AvgIpc) is 3.31. The van der Waals surface area contributed by atoms with Crippen LogP contribution in [0.5, 0.6) is 11.6 Å². The van der Waals surface area contributed by atoms with Gasteiger partial charge in [-0.15, -0.1) is 11.3 Å². The molecule has 12 heteroatoms. The molecule has 2 atom stereocenters. The third-order valence-corrected chi connectivity index (χ3v) is 7.44. The van der Waals surface area contributed by atoms with E-state index in [9.17, 15) is 9.90 Å². The number of halogens is 1. The molecule has 5 aromatic rings. The van der Waals surface area contributed by atoms with Crippen molar-refractivity contribution in [1.82, 2.24) is 24.9 Å². The Morgan fingerprint density at radius 1 is 1.05 bits per heavy atom. The predicted octanol–water partition coefficient (Wildman–Crippen LogP) is 6.19. The van der Waals surface area contributed by atoms with Crippen molar-refractivity contribution in [2.75, 3.05) is 11.5 Å². The maximum absolute atomic E-state index is 15.2. The first-order valence-electron chi connectivity index (χ1n) is 12.6. The standard InChI is InChI=1S/C28H27FN6O4S/c1-6-38-25-13-32-26-19(7-14(2)8-22(26)33-25)27-34-21-9-20(29)23(10-24(21)40-27)39-16(4)15(3)35(28(36)37)18-11-30-17(5)31-12-18/h7-13,15-16H,6H2,1-5H3,(H,36,37). The van der Waals surface area contributed by atoms with Gasteiger partial charge < -0.3 is 14.6 Å². The number of ether oxygens (including phenoxy) is 2. The Labute approximate surface area is 233 Å². The molecule has 2 unspecified atom stereocenters. The minimum Gasteiger partial charge on any atom is -0.485 e. The molecule has 40 heavy (non-hydrogen) atoms. The third kappa shape index (κ3) is 5.34. The van der Waals surface area contributed by atoms with Gasteiger partial charge in [0.15, 0.2) is 11.6 Å². The SMILES string of the molecule is CCOc1cnc2c(-c3nc4cc(F)c(OC(C)C(C)N(C(=O)O)c5cnc(C)nc5)cc4s3)cc(C)cc2n1. The number of hydrogen-bond acceptors (Lipinski definition) is 9. The zero-order chi connectivity index (χ0) is 28.6. The second-order valence-electron chi connectivity index (χ2n) is 9.30. The molecule has 1 amide bonds. The molecular formula is C28H27FN6O4S. The molecular weight excluding hydrogens is 535 g/mol. The number of carbonyl (C=O) groups is 1. The van der Waals surface area contributed by atoms with Crippen LogP contribution in [0.2, 0.25) is 0 Å². The number of hydrogen-bond donors (Lipinski definition) is 1. The molecule has 0 spiro atoms. The molecule has 2 aromatic carbocycles. The highest BCUT2D eigenvalue weighted by Crippen LogP contribution is 2.37. The summed E-state index contributed by atoms with van der Waals surface area (Å²) in [6.45, 7) is 9.41. The maximum atomic E-state index is 15.2. The molecule has 10 nitrogen and oxygen atoms in total. The Hall–Kier alpha value is -4.45. The Bertz CT molecular complexity index is 1710. The molecule has 0 radical (unpaired) electrons. The topological polar surface area (TPSA) is 123 Å². The number of aryl methyl sites for hydroxylation is 2. The summed E-state index contributed by atoms with van der Waals surface area (Å²) in [5.41, 5.74) is 3.88. The Balaban J connectivity index is 1.45. The summed E-state index contributed by atoms with van der Waals surface area (Å²) < 4.78 is 27.3. The third-order valence-electron chi connectivity index (χ3n) is 6.38. The molecule has 0 saturated heterocycles. The smallest absolute Gasteiger partial charge is 0.412 e. The fraction of sp³-hybridized carbons (Fsp3) is 0.286. The first-order valence-corrected chi connectivity index (χ1v) is 13.4. The van der Waals surface area contributed by atoms with Crippen molar-refractivity contribution >= 4 is 44.4 Å². The lowest BCUT2D eigenvalue weighted by molar-refractivity contribution is 0.167. The van der Waals surface area contributed by atoms with Crippen molar-refractivity contribution in [2.24, 2.45) is 0 Å². The van der Waals surface area contributed by atoms with E-state index in [2.05, 4.69) is 24.9 Å². The van der Waals surface area contributed by atoms with Gasteiger partial charge in [-0.25, -0.2) is 34.1 Å². The van der Waals surface area contributed by atoms with Crippen LogP contribution in [-0.4, -0.2) is 54.9 Å². The van der Waals surface area contributed by atoms with Gasteiger partial charge in [-0.1, -0.05) is 0 Å². The van der Waals surface area contributed by atoms with Crippen LogP contribution in [0.3, 0.4) is 0 Å². The van der Waals surface area contributed by atoms with E-state index >= 15 is 4.39 Å². The first kappa shape index (κ1) is 27.1. The summed E-state index contributed by atoms with van der Waals surface area (Å²) in [5.74, 6) is 0.368. The summed E-state index contributed by atoms with van der Waals surface area (Å²) >= 11 is 1.38. The van der Waals surface area contributed by atoms with Crippen molar-refractivity contribution in [2.45, 2.75) is 46.8 Å². The highest BCUT2D eigenvalue weighted by molar-refractivity contribution is 7.21. The normalized spacial score (nSPS) is 12.8. The Morgan fingerprint density at radius 3 is 2.50 bits per heavy atom. The van der Waals surface area contributed by atoms with Crippen molar-refractivity contribution in [3.05, 3.63) is 60.1 Å². The second-order valence-corrected chi connectivity index (χ2v) is 10.3. The zero-order valence-corrected chi connectivity index (χ0v) is 23.4. The van der Waals surface area contributed by atoms with Gasteiger partial charge in [0, 0.05) is 17.7 Å². The number of rotatable bonds is 8. The minimum atomic E-state index is -1.19. The van der Waals surface area contributed by atoms with Crippen LogP contribution in [0.25, 0.3) is 31.8 Å². The average molecular weight is 563 g/mol. The van der Waals surface area contributed by atoms with Crippen LogP contribution >= 0.6 is 11.3 Å².